The van der Waals surface area contributed by atoms with Crippen LogP contribution in [0.1, 0.15) is 0 Å². The third-order valence-electron chi connectivity index (χ3n) is 2.21. The Hall–Kier alpha value is -0.520. The first-order chi connectivity index (χ1) is 6.24. The molecule has 2 atom stereocenters. The van der Waals surface area contributed by atoms with Crippen LogP contribution < -0.4 is 5.73 Å². The average molecular weight is 200 g/mol. The SMILES string of the molecule is COCC1=CN2C(=O)C(N)C2SC1. The van der Waals surface area contributed by atoms with E-state index < -0.39 is 0 Å². The Labute approximate surface area is 81.1 Å². The highest BCUT2D eigenvalue weighted by Gasteiger charge is 2.46. The second-order valence-electron chi connectivity index (χ2n) is 3.19. The number of ether oxygens (including phenoxy) is 1. The van der Waals surface area contributed by atoms with Crippen molar-refractivity contribution in [1.82, 2.24) is 4.90 Å². The number of carbonyl (C=O) groups is 1. The zero-order valence-electron chi connectivity index (χ0n) is 7.40. The van der Waals surface area contributed by atoms with Gasteiger partial charge in [-0.3, -0.25) is 4.79 Å². The normalized spacial score (nSPS) is 32.3. The Morgan fingerprint density at radius 1 is 1.85 bits per heavy atom. The third kappa shape index (κ3) is 1.37. The molecule has 2 aliphatic rings. The van der Waals surface area contributed by atoms with Gasteiger partial charge in [0.05, 0.1) is 6.61 Å². The number of fused-ring (bicyclic) bond motifs is 1. The van der Waals surface area contributed by atoms with Gasteiger partial charge >= 0.3 is 0 Å². The molecule has 0 aliphatic carbocycles. The molecule has 5 heteroatoms. The number of β-lactam (4-membered cyclic amide) rings is 1. The van der Waals surface area contributed by atoms with E-state index >= 15 is 0 Å². The van der Waals surface area contributed by atoms with Gasteiger partial charge in [0.2, 0.25) is 5.91 Å². The lowest BCUT2D eigenvalue weighted by Crippen LogP contribution is -2.66. The summed E-state index contributed by atoms with van der Waals surface area (Å²) >= 11 is 1.70. The molecule has 4 nitrogen and oxygen atoms in total. The molecule has 2 N–H and O–H groups in total. The molecule has 0 radical (unpaired) electrons. The Balaban J connectivity index is 2.06. The molecule has 0 aromatic rings. The van der Waals surface area contributed by atoms with E-state index in [4.69, 9.17) is 10.5 Å². The van der Waals surface area contributed by atoms with Crippen LogP contribution in [-0.4, -0.2) is 41.7 Å². The average Bonchev–Trinajstić information content (AvgIpc) is 2.17. The largest absolute Gasteiger partial charge is 0.380 e. The summed E-state index contributed by atoms with van der Waals surface area (Å²) in [5, 5.41) is 0.160. The maximum atomic E-state index is 11.2. The summed E-state index contributed by atoms with van der Waals surface area (Å²) in [5.41, 5.74) is 6.77. The molecule has 0 aromatic heterocycles. The lowest BCUT2D eigenvalue weighted by atomic mass is 10.1. The minimum absolute atomic E-state index is 0.0193. The van der Waals surface area contributed by atoms with Crippen LogP contribution in [0, 0.1) is 0 Å². The Kier molecular flexibility index (Phi) is 2.31. The van der Waals surface area contributed by atoms with E-state index in [9.17, 15) is 4.79 Å². The predicted octanol–water partition coefficient (Wildman–Crippen LogP) is -0.241. The minimum Gasteiger partial charge on any atom is -0.380 e. The molecule has 1 saturated heterocycles. The van der Waals surface area contributed by atoms with Crippen molar-refractivity contribution in [3.63, 3.8) is 0 Å². The van der Waals surface area contributed by atoms with E-state index in [0.717, 1.165) is 11.3 Å². The smallest absolute Gasteiger partial charge is 0.247 e. The Bertz CT molecular complexity index is 267. The van der Waals surface area contributed by atoms with Crippen molar-refractivity contribution in [2.24, 2.45) is 5.73 Å². The van der Waals surface area contributed by atoms with Crippen LogP contribution in [-0.2, 0) is 9.53 Å². The fourth-order valence-corrected chi connectivity index (χ4v) is 2.71. The minimum atomic E-state index is -0.301. The summed E-state index contributed by atoms with van der Waals surface area (Å²) in [4.78, 5) is 12.9. The van der Waals surface area contributed by atoms with Gasteiger partial charge in [-0.1, -0.05) is 0 Å². The van der Waals surface area contributed by atoms with Crippen molar-refractivity contribution < 1.29 is 9.53 Å². The van der Waals surface area contributed by atoms with Gasteiger partial charge in [-0.2, -0.15) is 0 Å². The van der Waals surface area contributed by atoms with Crippen molar-refractivity contribution in [1.29, 1.82) is 0 Å². The van der Waals surface area contributed by atoms with Crippen molar-refractivity contribution in [2.75, 3.05) is 19.5 Å². The highest BCUT2D eigenvalue weighted by molar-refractivity contribution is 8.00. The molecular formula is C8H12N2O2S. The van der Waals surface area contributed by atoms with E-state index in [-0.39, 0.29) is 17.3 Å². The topological polar surface area (TPSA) is 55.6 Å². The van der Waals surface area contributed by atoms with E-state index in [0.29, 0.717) is 6.61 Å². The summed E-state index contributed by atoms with van der Waals surface area (Å²) in [6.45, 7) is 0.596. The molecule has 1 fully saturated rings. The zero-order valence-corrected chi connectivity index (χ0v) is 8.21. The summed E-state index contributed by atoms with van der Waals surface area (Å²) in [6, 6.07) is -0.301. The Morgan fingerprint density at radius 2 is 2.62 bits per heavy atom. The van der Waals surface area contributed by atoms with Crippen molar-refractivity contribution >= 4 is 17.7 Å². The molecule has 13 heavy (non-hydrogen) atoms. The molecule has 2 heterocycles. The van der Waals surface area contributed by atoms with Gasteiger partial charge in [-0.25, -0.2) is 0 Å². The van der Waals surface area contributed by atoms with Crippen LogP contribution in [0.5, 0.6) is 0 Å². The van der Waals surface area contributed by atoms with Gasteiger partial charge in [0.1, 0.15) is 11.4 Å². The van der Waals surface area contributed by atoms with E-state index in [2.05, 4.69) is 0 Å². The van der Waals surface area contributed by atoms with Crippen molar-refractivity contribution in [3.8, 4) is 0 Å². The monoisotopic (exact) mass is 200 g/mol. The lowest BCUT2D eigenvalue weighted by molar-refractivity contribution is -0.140. The zero-order chi connectivity index (χ0) is 9.42. The lowest BCUT2D eigenvalue weighted by Gasteiger charge is -2.45. The third-order valence-corrected chi connectivity index (χ3v) is 3.61. The number of hydrogen-bond donors (Lipinski definition) is 1. The van der Waals surface area contributed by atoms with Crippen molar-refractivity contribution in [2.45, 2.75) is 11.4 Å². The number of nitrogens with zero attached hydrogens (tertiary/aromatic N) is 1. The number of amides is 1. The van der Waals surface area contributed by atoms with Crippen LogP contribution in [0.3, 0.4) is 0 Å². The summed E-state index contributed by atoms with van der Waals surface area (Å²) in [5.74, 6) is 0.932. The van der Waals surface area contributed by atoms with Crippen LogP contribution >= 0.6 is 11.8 Å². The molecular weight excluding hydrogens is 188 g/mol. The van der Waals surface area contributed by atoms with Gasteiger partial charge in [-0.15, -0.1) is 11.8 Å². The maximum absolute atomic E-state index is 11.2. The highest BCUT2D eigenvalue weighted by atomic mass is 32.2. The van der Waals surface area contributed by atoms with Crippen LogP contribution in [0.2, 0.25) is 0 Å². The van der Waals surface area contributed by atoms with Gasteiger partial charge in [0, 0.05) is 19.1 Å². The molecule has 0 bridgehead atoms. The Morgan fingerprint density at radius 3 is 3.31 bits per heavy atom. The number of hydrogen-bond acceptors (Lipinski definition) is 4. The van der Waals surface area contributed by atoms with Crippen LogP contribution in [0.15, 0.2) is 11.8 Å². The molecule has 2 aliphatic heterocycles. The predicted molar refractivity (Wildman–Crippen MR) is 51.0 cm³/mol. The maximum Gasteiger partial charge on any atom is 0.247 e. The number of nitrogens with two attached hydrogens (primary N) is 1. The van der Waals surface area contributed by atoms with Gasteiger partial charge in [0.15, 0.2) is 0 Å². The number of carbonyl (C=O) groups excluding carboxylic acids is 1. The van der Waals surface area contributed by atoms with Gasteiger partial charge in [0.25, 0.3) is 0 Å². The molecule has 72 valence electrons. The second kappa shape index (κ2) is 3.32. The summed E-state index contributed by atoms with van der Waals surface area (Å²) in [6.07, 6.45) is 1.87. The summed E-state index contributed by atoms with van der Waals surface area (Å²) in [7, 11) is 1.65. The van der Waals surface area contributed by atoms with E-state index in [1.807, 2.05) is 6.20 Å². The molecule has 2 unspecified atom stereocenters. The van der Waals surface area contributed by atoms with E-state index in [1.165, 1.54) is 0 Å². The first-order valence-corrected chi connectivity index (χ1v) is 5.17. The number of methoxy groups -OCH3 is 1. The summed E-state index contributed by atoms with van der Waals surface area (Å²) < 4.78 is 5.00. The number of rotatable bonds is 2. The van der Waals surface area contributed by atoms with E-state index in [1.54, 1.807) is 23.8 Å². The first-order valence-electron chi connectivity index (χ1n) is 4.12. The highest BCUT2D eigenvalue weighted by Crippen LogP contribution is 2.34. The molecule has 2 rings (SSSR count). The van der Waals surface area contributed by atoms with Gasteiger partial charge in [-0.05, 0) is 5.57 Å². The fraction of sp³-hybridized carbons (Fsp3) is 0.625. The molecule has 0 saturated carbocycles. The first kappa shape index (κ1) is 9.05. The number of thioether (sulfide) groups is 1. The van der Waals surface area contributed by atoms with Gasteiger partial charge < -0.3 is 15.4 Å². The molecule has 0 spiro atoms. The van der Waals surface area contributed by atoms with Crippen LogP contribution in [0.4, 0.5) is 0 Å². The quantitative estimate of drug-likeness (QED) is 0.625. The fourth-order valence-electron chi connectivity index (χ4n) is 1.52. The van der Waals surface area contributed by atoms with Crippen molar-refractivity contribution in [3.05, 3.63) is 11.8 Å². The second-order valence-corrected chi connectivity index (χ2v) is 4.30. The standard InChI is InChI=1S/C8H12N2O2S/c1-12-3-5-2-10-7(11)6(9)8(10)13-4-5/h2,6,8H,3-4,9H2,1H3. The molecule has 0 aromatic carbocycles. The molecule has 1 amide bonds. The van der Waals surface area contributed by atoms with Crippen LogP contribution in [0.25, 0.3) is 0 Å².